The van der Waals surface area contributed by atoms with Crippen molar-refractivity contribution < 1.29 is 14.7 Å². The third-order valence-electron chi connectivity index (χ3n) is 2.69. The number of nitrogens with two attached hydrogens (primary N) is 1. The van der Waals surface area contributed by atoms with Gasteiger partial charge in [0.1, 0.15) is 6.04 Å². The normalized spacial score (nSPS) is 12.5. The highest BCUT2D eigenvalue weighted by molar-refractivity contribution is 5.89. The fraction of sp³-hybridized carbons (Fsp3) is 0.167. The van der Waals surface area contributed by atoms with Crippen LogP contribution in [0.3, 0.4) is 0 Å². The van der Waals surface area contributed by atoms with E-state index < -0.39 is 12.0 Å². The summed E-state index contributed by atoms with van der Waals surface area (Å²) in [5.41, 5.74) is 7.02. The van der Waals surface area contributed by atoms with Gasteiger partial charge in [-0.3, -0.25) is 14.2 Å². The van der Waals surface area contributed by atoms with Gasteiger partial charge in [0.05, 0.1) is 5.52 Å². The Bertz CT molecular complexity index is 574. The molecule has 0 saturated heterocycles. The molecular formula is C12H12N2O3. The molecule has 1 aromatic carbocycles. The van der Waals surface area contributed by atoms with Crippen molar-refractivity contribution in [1.82, 2.24) is 4.57 Å². The van der Waals surface area contributed by atoms with Crippen LogP contribution < -0.4 is 5.73 Å². The maximum absolute atomic E-state index is 10.9. The molecule has 0 aliphatic carbocycles. The number of carboxylic acid groups (broad SMARTS) is 1. The second-order valence-electron chi connectivity index (χ2n) is 3.83. The standard InChI is InChI=1S/C12H12N2O3/c13-10(12(16)17)5-8-6-14(7-15)11-4-2-1-3-9(8)11/h1-4,6-7,10H,5,13H2,(H,16,17)/t10-/m0/s1. The Labute approximate surface area is 97.4 Å². The minimum Gasteiger partial charge on any atom is -0.480 e. The molecule has 0 radical (unpaired) electrons. The van der Waals surface area contributed by atoms with Crippen molar-refractivity contribution in [2.75, 3.05) is 0 Å². The highest BCUT2D eigenvalue weighted by atomic mass is 16.4. The van der Waals surface area contributed by atoms with Crippen LogP contribution >= 0.6 is 0 Å². The van der Waals surface area contributed by atoms with Gasteiger partial charge < -0.3 is 10.8 Å². The number of carbonyl (C=O) groups is 2. The molecule has 88 valence electrons. The third-order valence-corrected chi connectivity index (χ3v) is 2.69. The molecular weight excluding hydrogens is 220 g/mol. The molecule has 1 heterocycles. The fourth-order valence-electron chi connectivity index (χ4n) is 1.85. The van der Waals surface area contributed by atoms with Gasteiger partial charge in [-0.15, -0.1) is 0 Å². The van der Waals surface area contributed by atoms with E-state index in [0.717, 1.165) is 16.5 Å². The average Bonchev–Trinajstić information content (AvgIpc) is 2.68. The van der Waals surface area contributed by atoms with Crippen LogP contribution in [0.5, 0.6) is 0 Å². The first-order valence-corrected chi connectivity index (χ1v) is 5.15. The smallest absolute Gasteiger partial charge is 0.320 e. The van der Waals surface area contributed by atoms with Crippen LogP contribution in [-0.2, 0) is 16.0 Å². The maximum Gasteiger partial charge on any atom is 0.320 e. The molecule has 0 amide bonds. The van der Waals surface area contributed by atoms with E-state index in [2.05, 4.69) is 0 Å². The fourth-order valence-corrected chi connectivity index (χ4v) is 1.85. The number of fused-ring (bicyclic) bond motifs is 1. The molecule has 0 unspecified atom stereocenters. The summed E-state index contributed by atoms with van der Waals surface area (Å²) < 4.78 is 1.43. The first kappa shape index (κ1) is 11.3. The zero-order valence-corrected chi connectivity index (χ0v) is 9.04. The monoisotopic (exact) mass is 232 g/mol. The van der Waals surface area contributed by atoms with Crippen molar-refractivity contribution in [3.8, 4) is 0 Å². The van der Waals surface area contributed by atoms with E-state index in [-0.39, 0.29) is 6.42 Å². The van der Waals surface area contributed by atoms with Crippen molar-refractivity contribution >= 4 is 23.3 Å². The Hall–Kier alpha value is -2.14. The van der Waals surface area contributed by atoms with Crippen molar-refractivity contribution in [3.05, 3.63) is 36.0 Å². The van der Waals surface area contributed by atoms with E-state index in [0.29, 0.717) is 6.41 Å². The molecule has 2 rings (SSSR count). The first-order valence-electron chi connectivity index (χ1n) is 5.15. The second kappa shape index (κ2) is 4.39. The lowest BCUT2D eigenvalue weighted by molar-refractivity contribution is -0.138. The Morgan fingerprint density at radius 2 is 2.18 bits per heavy atom. The first-order chi connectivity index (χ1) is 8.13. The Morgan fingerprint density at radius 1 is 1.47 bits per heavy atom. The van der Waals surface area contributed by atoms with E-state index in [1.165, 1.54) is 4.57 Å². The Balaban J connectivity index is 2.47. The highest BCUT2D eigenvalue weighted by Crippen LogP contribution is 2.21. The molecule has 5 heteroatoms. The number of aromatic nitrogens is 1. The second-order valence-corrected chi connectivity index (χ2v) is 3.83. The van der Waals surface area contributed by atoms with E-state index >= 15 is 0 Å². The number of rotatable bonds is 4. The van der Waals surface area contributed by atoms with Crippen molar-refractivity contribution in [3.63, 3.8) is 0 Å². The summed E-state index contributed by atoms with van der Waals surface area (Å²) >= 11 is 0. The van der Waals surface area contributed by atoms with Crippen LogP contribution in [0.4, 0.5) is 0 Å². The summed E-state index contributed by atoms with van der Waals surface area (Å²) in [7, 11) is 0. The van der Waals surface area contributed by atoms with Crippen LogP contribution in [-0.4, -0.2) is 28.1 Å². The summed E-state index contributed by atoms with van der Waals surface area (Å²) in [6.45, 7) is 0. The molecule has 17 heavy (non-hydrogen) atoms. The van der Waals surface area contributed by atoms with Crippen molar-refractivity contribution in [1.29, 1.82) is 0 Å². The van der Waals surface area contributed by atoms with Gasteiger partial charge in [0.2, 0.25) is 6.41 Å². The molecule has 0 aliphatic rings. The van der Waals surface area contributed by atoms with E-state index in [4.69, 9.17) is 10.8 Å². The lowest BCUT2D eigenvalue weighted by Gasteiger charge is -2.04. The molecule has 5 nitrogen and oxygen atoms in total. The minimum absolute atomic E-state index is 0.205. The van der Waals surface area contributed by atoms with E-state index in [1.807, 2.05) is 18.2 Å². The average molecular weight is 232 g/mol. The Morgan fingerprint density at radius 3 is 2.82 bits per heavy atom. The number of benzene rings is 1. The molecule has 1 aromatic heterocycles. The number of aliphatic carboxylic acids is 1. The zero-order chi connectivity index (χ0) is 12.4. The number of hydrogen-bond donors (Lipinski definition) is 2. The van der Waals surface area contributed by atoms with E-state index in [9.17, 15) is 9.59 Å². The molecule has 0 spiro atoms. The Kier molecular flexibility index (Phi) is 2.93. The van der Waals surface area contributed by atoms with Gasteiger partial charge in [0, 0.05) is 18.0 Å². The van der Waals surface area contributed by atoms with Gasteiger partial charge in [-0.2, -0.15) is 0 Å². The lowest BCUT2D eigenvalue weighted by atomic mass is 10.1. The van der Waals surface area contributed by atoms with E-state index in [1.54, 1.807) is 12.3 Å². The summed E-state index contributed by atoms with van der Waals surface area (Å²) in [6, 6.07) is 6.36. The number of hydrogen-bond acceptors (Lipinski definition) is 3. The van der Waals surface area contributed by atoms with Crippen LogP contribution in [0.15, 0.2) is 30.5 Å². The van der Waals surface area contributed by atoms with Gasteiger partial charge >= 0.3 is 5.97 Å². The molecule has 0 saturated carbocycles. The largest absolute Gasteiger partial charge is 0.480 e. The molecule has 0 aliphatic heterocycles. The van der Waals surface area contributed by atoms with Gasteiger partial charge in [-0.05, 0) is 11.6 Å². The van der Waals surface area contributed by atoms with Gasteiger partial charge in [0.25, 0.3) is 0 Å². The van der Waals surface area contributed by atoms with Crippen LogP contribution in [0.2, 0.25) is 0 Å². The van der Waals surface area contributed by atoms with Crippen LogP contribution in [0.25, 0.3) is 10.9 Å². The molecule has 0 fully saturated rings. The number of carbonyl (C=O) groups excluding carboxylic acids is 1. The molecule has 0 bridgehead atoms. The summed E-state index contributed by atoms with van der Waals surface area (Å²) in [4.78, 5) is 21.6. The minimum atomic E-state index is -1.05. The highest BCUT2D eigenvalue weighted by Gasteiger charge is 2.15. The maximum atomic E-state index is 10.9. The van der Waals surface area contributed by atoms with Crippen molar-refractivity contribution in [2.24, 2.45) is 5.73 Å². The summed E-state index contributed by atoms with van der Waals surface area (Å²) in [6.07, 6.45) is 2.52. The quantitative estimate of drug-likeness (QED) is 0.757. The summed E-state index contributed by atoms with van der Waals surface area (Å²) in [5, 5.41) is 9.64. The summed E-state index contributed by atoms with van der Waals surface area (Å²) in [5.74, 6) is -1.05. The van der Waals surface area contributed by atoms with Gasteiger partial charge in [0.15, 0.2) is 0 Å². The third kappa shape index (κ3) is 2.05. The number of para-hydroxylation sites is 1. The molecule has 3 N–H and O–H groups in total. The SMILES string of the molecule is N[C@@H](Cc1cn(C=O)c2ccccc12)C(=O)O. The lowest BCUT2D eigenvalue weighted by Crippen LogP contribution is -2.32. The van der Waals surface area contributed by atoms with Crippen LogP contribution in [0.1, 0.15) is 5.56 Å². The number of carboxylic acids is 1. The number of nitrogens with zero attached hydrogens (tertiary/aromatic N) is 1. The van der Waals surface area contributed by atoms with Crippen LogP contribution in [0, 0.1) is 0 Å². The van der Waals surface area contributed by atoms with Gasteiger partial charge in [-0.25, -0.2) is 0 Å². The topological polar surface area (TPSA) is 85.3 Å². The predicted molar refractivity (Wildman–Crippen MR) is 63.4 cm³/mol. The zero-order valence-electron chi connectivity index (χ0n) is 9.04. The van der Waals surface area contributed by atoms with Gasteiger partial charge in [-0.1, -0.05) is 18.2 Å². The van der Waals surface area contributed by atoms with Crippen molar-refractivity contribution in [2.45, 2.75) is 12.5 Å². The molecule has 2 aromatic rings. The molecule has 1 atom stereocenters. The predicted octanol–water partition coefficient (Wildman–Crippen LogP) is 0.634.